The summed E-state index contributed by atoms with van der Waals surface area (Å²) in [6.07, 6.45) is 4.01. The van der Waals surface area contributed by atoms with Crippen LogP contribution in [0.5, 0.6) is 0 Å². The minimum atomic E-state index is -0.248. The quantitative estimate of drug-likeness (QED) is 0.368. The van der Waals surface area contributed by atoms with Gasteiger partial charge in [0.15, 0.2) is 12.4 Å². The predicted molar refractivity (Wildman–Crippen MR) is 105 cm³/mol. The highest BCUT2D eigenvalue weighted by atomic mass is 16.1. The van der Waals surface area contributed by atoms with E-state index in [9.17, 15) is 4.79 Å². The lowest BCUT2D eigenvalue weighted by Crippen LogP contribution is -2.41. The first-order valence-electron chi connectivity index (χ1n) is 8.81. The van der Waals surface area contributed by atoms with Crippen LogP contribution in [0, 0.1) is 0 Å². The Bertz CT molecular complexity index is 1050. The molecule has 0 aliphatic rings. The zero-order chi connectivity index (χ0) is 17.9. The molecule has 0 bridgehead atoms. The van der Waals surface area contributed by atoms with Gasteiger partial charge in [0.2, 0.25) is 11.8 Å². The van der Waals surface area contributed by atoms with Crippen molar-refractivity contribution in [1.82, 2.24) is 0 Å². The van der Waals surface area contributed by atoms with E-state index >= 15 is 0 Å². The molecule has 126 valence electrons. The van der Waals surface area contributed by atoms with Crippen molar-refractivity contribution >= 4 is 16.6 Å². The topological polar surface area (TPSA) is 20.9 Å². The fourth-order valence-electron chi connectivity index (χ4n) is 3.23. The van der Waals surface area contributed by atoms with Crippen molar-refractivity contribution in [3.63, 3.8) is 0 Å². The van der Waals surface area contributed by atoms with Crippen LogP contribution >= 0.6 is 0 Å². The van der Waals surface area contributed by atoms with Gasteiger partial charge in [-0.3, -0.25) is 4.79 Å². The molecule has 3 aromatic carbocycles. The minimum Gasteiger partial charge on any atom is -0.287 e. The first-order valence-corrected chi connectivity index (χ1v) is 8.81. The number of pyridine rings is 1. The molecule has 0 radical (unpaired) electrons. The van der Waals surface area contributed by atoms with Crippen molar-refractivity contribution < 1.29 is 9.36 Å². The largest absolute Gasteiger partial charge is 0.287 e. The molecule has 0 aliphatic carbocycles. The van der Waals surface area contributed by atoms with Gasteiger partial charge in [0.1, 0.15) is 0 Å². The normalized spacial score (nSPS) is 12.0. The number of Topliss-reactive ketones (excluding diaryl/α,β-unsaturated/α-hetero) is 1. The highest BCUT2D eigenvalue weighted by molar-refractivity contribution is 5.98. The number of carbonyl (C=O) groups is 1. The fraction of sp³-hybridized carbons (Fsp3) is 0.0833. The number of aromatic nitrogens is 1. The number of fused-ring (bicyclic) bond motifs is 1. The van der Waals surface area contributed by atoms with Crippen LogP contribution in [0.3, 0.4) is 0 Å². The molecule has 4 rings (SSSR count). The maximum absolute atomic E-state index is 12.9. The van der Waals surface area contributed by atoms with Gasteiger partial charge in [0.25, 0.3) is 0 Å². The lowest BCUT2D eigenvalue weighted by atomic mass is 10.00. The predicted octanol–water partition coefficient (Wildman–Crippen LogP) is 5.24. The van der Waals surface area contributed by atoms with Crippen LogP contribution in [-0.2, 0) is 0 Å². The average molecular weight is 338 g/mol. The highest BCUT2D eigenvalue weighted by Crippen LogP contribution is 2.20. The third kappa shape index (κ3) is 3.14. The van der Waals surface area contributed by atoms with Gasteiger partial charge in [-0.25, -0.2) is 0 Å². The Balaban J connectivity index is 1.59. The number of carbonyl (C=O) groups excluding carboxylic acids is 1. The van der Waals surface area contributed by atoms with E-state index in [1.54, 1.807) is 0 Å². The molecule has 0 saturated carbocycles. The average Bonchev–Trinajstić information content (AvgIpc) is 2.73. The Morgan fingerprint density at radius 3 is 2.08 bits per heavy atom. The third-order valence-corrected chi connectivity index (χ3v) is 4.81. The molecule has 0 unspecified atom stereocenters. The van der Waals surface area contributed by atoms with E-state index < -0.39 is 0 Å². The molecule has 26 heavy (non-hydrogen) atoms. The molecule has 1 aromatic heterocycles. The zero-order valence-corrected chi connectivity index (χ0v) is 14.7. The summed E-state index contributed by atoms with van der Waals surface area (Å²) in [5.41, 5.74) is 3.01. The summed E-state index contributed by atoms with van der Waals surface area (Å²) < 4.78 is 1.98. The molecule has 1 atom stereocenters. The van der Waals surface area contributed by atoms with Crippen LogP contribution in [0.4, 0.5) is 0 Å². The van der Waals surface area contributed by atoms with Crippen LogP contribution in [0.25, 0.3) is 21.9 Å². The molecule has 4 aromatic rings. The summed E-state index contributed by atoms with van der Waals surface area (Å²) in [7, 11) is 0. The molecule has 1 heterocycles. The van der Waals surface area contributed by atoms with E-state index in [4.69, 9.17) is 0 Å². The van der Waals surface area contributed by atoms with E-state index in [1.807, 2.05) is 78.5 Å². The number of benzene rings is 3. The summed E-state index contributed by atoms with van der Waals surface area (Å²) in [4.78, 5) is 12.9. The molecule has 0 amide bonds. The van der Waals surface area contributed by atoms with Gasteiger partial charge >= 0.3 is 0 Å². The molecular formula is C24H20NO+. The van der Waals surface area contributed by atoms with Crippen molar-refractivity contribution in [2.45, 2.75) is 13.0 Å². The lowest BCUT2D eigenvalue weighted by molar-refractivity contribution is -0.703. The van der Waals surface area contributed by atoms with Crippen LogP contribution in [0.1, 0.15) is 23.3 Å². The SMILES string of the molecule is C[C@@H](C(=O)c1ccc(-c2ccccc2)cc1)[n+]1ccc2ccccc2c1. The number of ketones is 1. The van der Waals surface area contributed by atoms with Crippen LogP contribution in [0.15, 0.2) is 97.3 Å². The van der Waals surface area contributed by atoms with Crippen LogP contribution < -0.4 is 4.57 Å². The van der Waals surface area contributed by atoms with Crippen molar-refractivity contribution in [3.05, 3.63) is 103 Å². The summed E-state index contributed by atoms with van der Waals surface area (Å²) >= 11 is 0. The van der Waals surface area contributed by atoms with Crippen LogP contribution in [0.2, 0.25) is 0 Å². The van der Waals surface area contributed by atoms with Crippen LogP contribution in [-0.4, -0.2) is 5.78 Å². The standard InChI is InChI=1S/C24H20NO/c1-18(25-16-15-20-9-5-6-10-23(20)17-25)24(26)22-13-11-21(12-14-22)19-7-3-2-4-8-19/h2-18H,1H3/q+1/t18-/m0/s1. The van der Waals surface area contributed by atoms with Gasteiger partial charge in [0.05, 0.1) is 0 Å². The fourth-order valence-corrected chi connectivity index (χ4v) is 3.23. The van der Waals surface area contributed by atoms with E-state index in [2.05, 4.69) is 30.3 Å². The van der Waals surface area contributed by atoms with Gasteiger partial charge in [-0.05, 0) is 22.6 Å². The third-order valence-electron chi connectivity index (χ3n) is 4.81. The number of hydrogen-bond donors (Lipinski definition) is 0. The van der Waals surface area contributed by atoms with Crippen molar-refractivity contribution in [1.29, 1.82) is 0 Å². The summed E-state index contributed by atoms with van der Waals surface area (Å²) in [6, 6.07) is 28.0. The Morgan fingerprint density at radius 1 is 0.731 bits per heavy atom. The first kappa shape index (κ1) is 16.2. The second-order valence-corrected chi connectivity index (χ2v) is 6.50. The number of nitrogens with zero attached hydrogens (tertiary/aromatic N) is 1. The molecule has 0 aliphatic heterocycles. The maximum Gasteiger partial charge on any atom is 0.230 e. The van der Waals surface area contributed by atoms with Gasteiger partial charge in [-0.1, -0.05) is 72.8 Å². The van der Waals surface area contributed by atoms with Gasteiger partial charge in [0, 0.05) is 23.9 Å². The molecule has 0 N–H and O–H groups in total. The molecule has 0 spiro atoms. The monoisotopic (exact) mass is 338 g/mol. The van der Waals surface area contributed by atoms with Gasteiger partial charge in [-0.15, -0.1) is 0 Å². The Kier molecular flexibility index (Phi) is 4.32. The number of rotatable bonds is 4. The summed E-state index contributed by atoms with van der Waals surface area (Å²) in [5.74, 6) is 0.116. The lowest BCUT2D eigenvalue weighted by Gasteiger charge is -2.08. The molecule has 0 saturated heterocycles. The van der Waals surface area contributed by atoms with Crippen molar-refractivity contribution in [3.8, 4) is 11.1 Å². The Labute approximate surface area is 153 Å². The summed E-state index contributed by atoms with van der Waals surface area (Å²) in [6.45, 7) is 1.95. The van der Waals surface area contributed by atoms with Gasteiger partial charge < -0.3 is 0 Å². The van der Waals surface area contributed by atoms with E-state index in [0.29, 0.717) is 0 Å². The molecular weight excluding hydrogens is 318 g/mol. The number of hydrogen-bond acceptors (Lipinski definition) is 1. The molecule has 2 nitrogen and oxygen atoms in total. The van der Waals surface area contributed by atoms with E-state index in [0.717, 1.165) is 22.1 Å². The second kappa shape index (κ2) is 6.93. The Hall–Kier alpha value is -3.26. The van der Waals surface area contributed by atoms with E-state index in [-0.39, 0.29) is 11.8 Å². The van der Waals surface area contributed by atoms with Gasteiger partial charge in [-0.2, -0.15) is 4.57 Å². The Morgan fingerprint density at radius 2 is 1.35 bits per heavy atom. The van der Waals surface area contributed by atoms with E-state index in [1.165, 1.54) is 5.39 Å². The van der Waals surface area contributed by atoms with Crippen molar-refractivity contribution in [2.24, 2.45) is 0 Å². The smallest absolute Gasteiger partial charge is 0.230 e. The minimum absolute atomic E-state index is 0.116. The molecule has 2 heteroatoms. The second-order valence-electron chi connectivity index (χ2n) is 6.50. The molecule has 0 fully saturated rings. The van der Waals surface area contributed by atoms with Crippen molar-refractivity contribution in [2.75, 3.05) is 0 Å². The highest BCUT2D eigenvalue weighted by Gasteiger charge is 2.23. The summed E-state index contributed by atoms with van der Waals surface area (Å²) in [5, 5.41) is 2.31. The maximum atomic E-state index is 12.9. The first-order chi connectivity index (χ1) is 12.7. The zero-order valence-electron chi connectivity index (χ0n) is 14.7.